The van der Waals surface area contributed by atoms with E-state index in [2.05, 4.69) is 27.8 Å². The number of hydrogen-bond donors (Lipinski definition) is 1. The van der Waals surface area contributed by atoms with Gasteiger partial charge < -0.3 is 14.8 Å². The predicted octanol–water partition coefficient (Wildman–Crippen LogP) is 4.27. The van der Waals surface area contributed by atoms with Crippen molar-refractivity contribution in [3.05, 3.63) is 71.4 Å². The summed E-state index contributed by atoms with van der Waals surface area (Å²) in [5.74, 6) is 0.793. The van der Waals surface area contributed by atoms with Gasteiger partial charge in [-0.1, -0.05) is 36.4 Å². The van der Waals surface area contributed by atoms with Crippen LogP contribution in [0.3, 0.4) is 0 Å². The largest absolute Gasteiger partial charge is 0.492 e. The molecule has 0 radical (unpaired) electrons. The Morgan fingerprint density at radius 1 is 1.20 bits per heavy atom. The van der Waals surface area contributed by atoms with E-state index in [-0.39, 0.29) is 18.6 Å². The summed E-state index contributed by atoms with van der Waals surface area (Å²) in [7, 11) is -0.457. The Kier molecular flexibility index (Phi) is 6.63. The molecule has 3 aromatic rings. The van der Waals surface area contributed by atoms with Crippen LogP contribution in [0.15, 0.2) is 59.7 Å². The van der Waals surface area contributed by atoms with Gasteiger partial charge in [-0.05, 0) is 48.9 Å². The molecule has 1 amide bonds. The molecule has 1 saturated carbocycles. The van der Waals surface area contributed by atoms with Crippen molar-refractivity contribution in [1.29, 1.82) is 0 Å². The number of pyridine rings is 1. The summed E-state index contributed by atoms with van der Waals surface area (Å²) in [5, 5.41) is 6.53. The van der Waals surface area contributed by atoms with Crippen molar-refractivity contribution in [3.8, 4) is 5.75 Å². The van der Waals surface area contributed by atoms with Crippen LogP contribution in [0.4, 0.5) is 0 Å². The second-order valence-corrected chi connectivity index (χ2v) is 10.2. The first-order valence-electron chi connectivity index (χ1n) is 11.8. The normalized spacial score (nSPS) is 22.4. The Morgan fingerprint density at radius 3 is 2.80 bits per heavy atom. The van der Waals surface area contributed by atoms with Crippen LogP contribution < -0.4 is 10.1 Å². The molecule has 180 valence electrons. The van der Waals surface area contributed by atoms with Gasteiger partial charge in [0.05, 0.1) is 30.5 Å². The number of esters is 1. The van der Waals surface area contributed by atoms with Gasteiger partial charge in [0.2, 0.25) is 5.91 Å². The van der Waals surface area contributed by atoms with Gasteiger partial charge in [-0.25, -0.2) is 4.79 Å². The van der Waals surface area contributed by atoms with Crippen LogP contribution in [0.2, 0.25) is 0 Å². The van der Waals surface area contributed by atoms with E-state index in [0.717, 1.165) is 28.1 Å². The molecule has 7 nitrogen and oxygen atoms in total. The first-order chi connectivity index (χ1) is 17.1. The molecule has 1 N–H and O–H groups in total. The van der Waals surface area contributed by atoms with Gasteiger partial charge in [0.25, 0.3) is 0 Å². The molecule has 1 aliphatic carbocycles. The minimum Gasteiger partial charge on any atom is -0.492 e. The molecule has 1 unspecified atom stereocenters. The highest BCUT2D eigenvalue weighted by Crippen LogP contribution is 2.44. The maximum absolute atomic E-state index is 12.5. The molecule has 8 heteroatoms. The van der Waals surface area contributed by atoms with E-state index in [1.54, 1.807) is 6.92 Å². The van der Waals surface area contributed by atoms with Crippen LogP contribution in [0.5, 0.6) is 5.75 Å². The zero-order valence-electron chi connectivity index (χ0n) is 19.7. The third kappa shape index (κ3) is 4.98. The SMILES string of the molecule is CCOC(=O)c1cnc2ccc(C=S3CC(=O)NC3=N[C@@H]3C[C@H]3c3ccccc3)cc2c1OCC. The van der Waals surface area contributed by atoms with Crippen LogP contribution in [-0.2, 0) is 9.53 Å². The van der Waals surface area contributed by atoms with Crippen molar-refractivity contribution in [2.24, 2.45) is 4.99 Å². The number of carbonyl (C=O) groups excluding carboxylic acids is 2. The standard InChI is InChI=1S/C27H27N3O4S/c1-3-33-25-20-12-17(10-11-22(20)28-14-21(25)26(32)34-4-2)15-35-16-24(31)30-27(35)29-23-13-19(23)18-8-6-5-7-9-18/h5-12,14-15,19,23H,3-4,13,16H2,1-2H3,(H,29,30,31)/t19-,23+,35?/m0/s1. The summed E-state index contributed by atoms with van der Waals surface area (Å²) < 4.78 is 11.0. The number of fused-ring (bicyclic) bond motifs is 1. The fourth-order valence-electron chi connectivity index (χ4n) is 4.24. The van der Waals surface area contributed by atoms with E-state index in [1.165, 1.54) is 11.8 Å². The summed E-state index contributed by atoms with van der Waals surface area (Å²) in [6.45, 7) is 4.32. The number of rotatable bonds is 7. The fourth-order valence-corrected chi connectivity index (χ4v) is 5.92. The Bertz CT molecular complexity index is 1350. The Morgan fingerprint density at radius 2 is 2.03 bits per heavy atom. The summed E-state index contributed by atoms with van der Waals surface area (Å²) >= 11 is 0. The number of nitrogens with one attached hydrogen (secondary N) is 1. The fraction of sp³-hybridized carbons (Fsp3) is 0.296. The van der Waals surface area contributed by atoms with Gasteiger partial charge in [-0.3, -0.25) is 14.8 Å². The Hall–Kier alpha value is -3.52. The van der Waals surface area contributed by atoms with E-state index in [1.807, 2.05) is 43.3 Å². The number of benzene rings is 2. The van der Waals surface area contributed by atoms with E-state index < -0.39 is 16.5 Å². The number of carbonyl (C=O) groups is 2. The molecule has 2 fully saturated rings. The number of ether oxygens (including phenoxy) is 2. The quantitative estimate of drug-likeness (QED) is 0.395. The summed E-state index contributed by atoms with van der Waals surface area (Å²) in [5.41, 5.74) is 3.24. The smallest absolute Gasteiger partial charge is 0.343 e. The number of amides is 1. The molecular weight excluding hydrogens is 462 g/mol. The number of hydrogen-bond acceptors (Lipinski definition) is 6. The lowest BCUT2D eigenvalue weighted by molar-refractivity contribution is -0.116. The monoisotopic (exact) mass is 489 g/mol. The third-order valence-electron chi connectivity index (χ3n) is 5.95. The van der Waals surface area contributed by atoms with Crippen LogP contribution in [0, 0.1) is 0 Å². The Balaban J connectivity index is 1.47. The maximum Gasteiger partial charge on any atom is 0.343 e. The average Bonchev–Trinajstić information content (AvgIpc) is 3.55. The molecule has 1 saturated heterocycles. The molecular formula is C27H27N3O4S. The molecule has 3 atom stereocenters. The minimum absolute atomic E-state index is 0.0118. The van der Waals surface area contributed by atoms with Crippen molar-refractivity contribution in [2.75, 3.05) is 19.0 Å². The highest BCUT2D eigenvalue weighted by molar-refractivity contribution is 8.29. The van der Waals surface area contributed by atoms with E-state index in [4.69, 9.17) is 14.5 Å². The van der Waals surface area contributed by atoms with Crippen LogP contribution >= 0.6 is 10.5 Å². The Labute approximate surface area is 206 Å². The second kappa shape index (κ2) is 10.00. The van der Waals surface area contributed by atoms with E-state index >= 15 is 0 Å². The van der Waals surface area contributed by atoms with Gasteiger partial charge in [0.1, 0.15) is 11.3 Å². The van der Waals surface area contributed by atoms with E-state index in [9.17, 15) is 9.59 Å². The highest BCUT2D eigenvalue weighted by Gasteiger charge is 2.39. The van der Waals surface area contributed by atoms with Gasteiger partial charge >= 0.3 is 5.97 Å². The molecule has 35 heavy (non-hydrogen) atoms. The van der Waals surface area contributed by atoms with Crippen molar-refractivity contribution < 1.29 is 19.1 Å². The lowest BCUT2D eigenvalue weighted by atomic mass is 10.1. The van der Waals surface area contributed by atoms with Crippen molar-refractivity contribution in [3.63, 3.8) is 0 Å². The zero-order chi connectivity index (χ0) is 24.4. The number of aromatic nitrogens is 1. The molecule has 1 aliphatic heterocycles. The first kappa shape index (κ1) is 23.2. The topological polar surface area (TPSA) is 89.9 Å². The average molecular weight is 490 g/mol. The van der Waals surface area contributed by atoms with Gasteiger partial charge in [0.15, 0.2) is 5.17 Å². The zero-order valence-corrected chi connectivity index (χ0v) is 20.5. The van der Waals surface area contributed by atoms with Crippen LogP contribution in [0.25, 0.3) is 10.9 Å². The predicted molar refractivity (Wildman–Crippen MR) is 140 cm³/mol. The molecule has 2 aromatic carbocycles. The lowest BCUT2D eigenvalue weighted by Crippen LogP contribution is -2.20. The van der Waals surface area contributed by atoms with Gasteiger partial charge in [0, 0.05) is 17.5 Å². The molecule has 1 aromatic heterocycles. The second-order valence-electron chi connectivity index (χ2n) is 8.42. The highest BCUT2D eigenvalue weighted by atomic mass is 32.2. The summed E-state index contributed by atoms with van der Waals surface area (Å²) in [6, 6.07) is 16.4. The molecule has 0 bridgehead atoms. The molecule has 5 rings (SSSR count). The summed E-state index contributed by atoms with van der Waals surface area (Å²) in [6.07, 6.45) is 2.50. The number of nitrogens with zero attached hydrogens (tertiary/aromatic N) is 2. The lowest BCUT2D eigenvalue weighted by Gasteiger charge is -2.12. The van der Waals surface area contributed by atoms with Crippen molar-refractivity contribution in [1.82, 2.24) is 10.3 Å². The van der Waals surface area contributed by atoms with Gasteiger partial charge in [-0.2, -0.15) is 0 Å². The third-order valence-corrected chi connectivity index (χ3v) is 7.79. The van der Waals surface area contributed by atoms with Crippen molar-refractivity contribution in [2.45, 2.75) is 32.2 Å². The molecule has 2 heterocycles. The van der Waals surface area contributed by atoms with Crippen LogP contribution in [0.1, 0.15) is 47.7 Å². The first-order valence-corrected chi connectivity index (χ1v) is 13.2. The molecule has 2 aliphatic rings. The maximum atomic E-state index is 12.5. The number of aliphatic imine (C=N–C) groups is 1. The summed E-state index contributed by atoms with van der Waals surface area (Å²) in [4.78, 5) is 34.0. The van der Waals surface area contributed by atoms with Crippen molar-refractivity contribution >= 4 is 43.8 Å². The van der Waals surface area contributed by atoms with E-state index in [0.29, 0.717) is 29.6 Å². The number of amidine groups is 1. The molecule has 0 spiro atoms. The van der Waals surface area contributed by atoms with Gasteiger partial charge in [-0.15, -0.1) is 10.5 Å². The van der Waals surface area contributed by atoms with Crippen LogP contribution in [-0.4, -0.2) is 52.4 Å². The minimum atomic E-state index is -0.459.